The van der Waals surface area contributed by atoms with Gasteiger partial charge in [0.1, 0.15) is 5.78 Å². The maximum absolute atomic E-state index is 11.2. The van der Waals surface area contributed by atoms with Gasteiger partial charge in [-0.15, -0.1) is 0 Å². The number of hydrogen-bond donors (Lipinski definition) is 0. The van der Waals surface area contributed by atoms with Crippen molar-refractivity contribution in [3.05, 3.63) is 0 Å². The molecule has 2 atom stereocenters. The lowest BCUT2D eigenvalue weighted by molar-refractivity contribution is -0.124. The summed E-state index contributed by atoms with van der Waals surface area (Å²) in [5, 5.41) is 0. The first kappa shape index (κ1) is 6.38. The summed E-state index contributed by atoms with van der Waals surface area (Å²) in [7, 11) is 0. The normalized spacial score (nSPS) is 46.1. The summed E-state index contributed by atoms with van der Waals surface area (Å²) in [5.41, 5.74) is 0.554. The van der Waals surface area contributed by atoms with Gasteiger partial charge in [0, 0.05) is 12.3 Å². The minimum atomic E-state index is 0.457. The fraction of sp³-hybridized carbons (Fsp3) is 0.889. The molecule has 56 valence electrons. The van der Waals surface area contributed by atoms with Crippen molar-refractivity contribution in [2.24, 2.45) is 11.3 Å². The minimum Gasteiger partial charge on any atom is -0.299 e. The van der Waals surface area contributed by atoms with Crippen molar-refractivity contribution >= 4 is 5.78 Å². The van der Waals surface area contributed by atoms with Crippen molar-refractivity contribution in [3.63, 3.8) is 0 Å². The maximum atomic E-state index is 11.2. The molecule has 2 fully saturated rings. The van der Waals surface area contributed by atoms with Gasteiger partial charge in [-0.05, 0) is 31.1 Å². The van der Waals surface area contributed by atoms with E-state index in [1.807, 2.05) is 0 Å². The van der Waals surface area contributed by atoms with Gasteiger partial charge in [-0.2, -0.15) is 0 Å². The molecule has 2 rings (SSSR count). The van der Waals surface area contributed by atoms with E-state index in [9.17, 15) is 4.79 Å². The Kier molecular flexibility index (Phi) is 1.17. The van der Waals surface area contributed by atoms with Gasteiger partial charge >= 0.3 is 0 Å². The Morgan fingerprint density at radius 2 is 2.30 bits per heavy atom. The summed E-state index contributed by atoms with van der Waals surface area (Å²) in [5.74, 6) is 0.994. The Morgan fingerprint density at radius 3 is 3.00 bits per heavy atom. The lowest BCUT2D eigenvalue weighted by Crippen LogP contribution is -2.23. The molecule has 10 heavy (non-hydrogen) atoms. The quantitative estimate of drug-likeness (QED) is 0.501. The van der Waals surface area contributed by atoms with E-state index >= 15 is 0 Å². The third kappa shape index (κ3) is 0.799. The molecule has 0 amide bonds. The van der Waals surface area contributed by atoms with Crippen LogP contribution in [0.3, 0.4) is 0 Å². The average Bonchev–Trinajstić information content (AvgIpc) is 2.23. The maximum Gasteiger partial charge on any atom is 0.136 e. The zero-order valence-corrected chi connectivity index (χ0v) is 6.52. The largest absolute Gasteiger partial charge is 0.299 e. The Bertz CT molecular complexity index is 174. The van der Waals surface area contributed by atoms with E-state index in [-0.39, 0.29) is 0 Å². The second-order valence-corrected chi connectivity index (χ2v) is 4.22. The molecule has 0 aliphatic heterocycles. The molecule has 0 heterocycles. The van der Waals surface area contributed by atoms with E-state index in [1.165, 1.54) is 19.3 Å². The molecule has 0 radical (unpaired) electrons. The van der Waals surface area contributed by atoms with Gasteiger partial charge in [0.05, 0.1) is 0 Å². The SMILES string of the molecule is CC12CCC(=O)C(CC1)C2. The molecule has 1 nitrogen and oxygen atoms in total. The second-order valence-electron chi connectivity index (χ2n) is 4.22. The zero-order chi connectivity index (χ0) is 7.19. The highest BCUT2D eigenvalue weighted by atomic mass is 16.1. The van der Waals surface area contributed by atoms with Crippen molar-refractivity contribution < 1.29 is 4.79 Å². The Labute approximate surface area is 61.8 Å². The minimum absolute atomic E-state index is 0.457. The number of ketones is 1. The Morgan fingerprint density at radius 1 is 1.50 bits per heavy atom. The van der Waals surface area contributed by atoms with Crippen molar-refractivity contribution in [2.45, 2.75) is 39.0 Å². The molecule has 1 heteroatoms. The summed E-state index contributed by atoms with van der Waals surface area (Å²) < 4.78 is 0. The van der Waals surface area contributed by atoms with Gasteiger partial charge in [-0.1, -0.05) is 6.92 Å². The molecule has 0 saturated heterocycles. The van der Waals surface area contributed by atoms with Crippen LogP contribution in [-0.2, 0) is 4.79 Å². The van der Waals surface area contributed by atoms with Crippen molar-refractivity contribution in [1.82, 2.24) is 0 Å². The van der Waals surface area contributed by atoms with Crippen LogP contribution >= 0.6 is 0 Å². The number of carbonyl (C=O) groups excluding carboxylic acids is 1. The number of carbonyl (C=O) groups is 1. The van der Waals surface area contributed by atoms with Crippen LogP contribution in [0.4, 0.5) is 0 Å². The van der Waals surface area contributed by atoms with Gasteiger partial charge in [-0.25, -0.2) is 0 Å². The molecular weight excluding hydrogens is 124 g/mol. The Balaban J connectivity index is 2.20. The van der Waals surface area contributed by atoms with Crippen LogP contribution in [0.15, 0.2) is 0 Å². The standard InChI is InChI=1S/C9H14O/c1-9-4-2-7(6-9)8(10)3-5-9/h7H,2-6H2,1H3. The molecular formula is C9H14O. The van der Waals surface area contributed by atoms with Crippen molar-refractivity contribution in [3.8, 4) is 0 Å². The van der Waals surface area contributed by atoms with E-state index in [0.29, 0.717) is 17.1 Å². The highest BCUT2D eigenvalue weighted by molar-refractivity contribution is 5.82. The second kappa shape index (κ2) is 1.84. The molecule has 0 spiro atoms. The monoisotopic (exact) mass is 138 g/mol. The van der Waals surface area contributed by atoms with Crippen molar-refractivity contribution in [1.29, 1.82) is 0 Å². The zero-order valence-electron chi connectivity index (χ0n) is 6.52. The lowest BCUT2D eigenvalue weighted by Gasteiger charge is -2.27. The summed E-state index contributed by atoms with van der Waals surface area (Å²) in [6.45, 7) is 2.33. The number of hydrogen-bond acceptors (Lipinski definition) is 1. The van der Waals surface area contributed by atoms with Gasteiger partial charge in [0.15, 0.2) is 0 Å². The third-order valence-electron chi connectivity index (χ3n) is 3.27. The van der Waals surface area contributed by atoms with Crippen LogP contribution < -0.4 is 0 Å². The fourth-order valence-corrected chi connectivity index (χ4v) is 2.45. The summed E-state index contributed by atoms with van der Waals surface area (Å²) in [6.07, 6.45) is 5.67. The first-order valence-corrected chi connectivity index (χ1v) is 4.22. The van der Waals surface area contributed by atoms with Crippen LogP contribution in [0.5, 0.6) is 0 Å². The molecule has 2 bridgehead atoms. The van der Waals surface area contributed by atoms with Crippen LogP contribution in [0.25, 0.3) is 0 Å². The average molecular weight is 138 g/mol. The fourth-order valence-electron chi connectivity index (χ4n) is 2.45. The molecule has 2 aliphatic carbocycles. The summed E-state index contributed by atoms with van der Waals surface area (Å²) in [4.78, 5) is 11.2. The highest BCUT2D eigenvalue weighted by Gasteiger charge is 2.42. The molecule has 0 aromatic carbocycles. The first-order chi connectivity index (χ1) is 4.70. The number of Topliss-reactive ketones (excluding diaryl/α,β-unsaturated/α-hetero) is 1. The van der Waals surface area contributed by atoms with E-state index < -0.39 is 0 Å². The van der Waals surface area contributed by atoms with Crippen LogP contribution in [-0.4, -0.2) is 5.78 Å². The van der Waals surface area contributed by atoms with Gasteiger partial charge < -0.3 is 0 Å². The summed E-state index contributed by atoms with van der Waals surface area (Å²) >= 11 is 0. The molecule has 0 N–H and O–H groups in total. The highest BCUT2D eigenvalue weighted by Crippen LogP contribution is 2.49. The molecule has 2 aliphatic rings. The van der Waals surface area contributed by atoms with E-state index in [0.717, 1.165) is 12.8 Å². The molecule has 0 aromatic rings. The molecule has 2 unspecified atom stereocenters. The molecule has 2 saturated carbocycles. The predicted octanol–water partition coefficient (Wildman–Crippen LogP) is 2.16. The predicted molar refractivity (Wildman–Crippen MR) is 39.7 cm³/mol. The Hall–Kier alpha value is -0.330. The summed E-state index contributed by atoms with van der Waals surface area (Å²) in [6, 6.07) is 0. The van der Waals surface area contributed by atoms with Crippen molar-refractivity contribution in [2.75, 3.05) is 0 Å². The third-order valence-corrected chi connectivity index (χ3v) is 3.27. The lowest BCUT2D eigenvalue weighted by atomic mass is 9.77. The van der Waals surface area contributed by atoms with E-state index in [1.54, 1.807) is 0 Å². The topological polar surface area (TPSA) is 17.1 Å². The van der Waals surface area contributed by atoms with Gasteiger partial charge in [-0.3, -0.25) is 4.79 Å². The molecule has 0 aromatic heterocycles. The van der Waals surface area contributed by atoms with Gasteiger partial charge in [0.25, 0.3) is 0 Å². The van der Waals surface area contributed by atoms with E-state index in [4.69, 9.17) is 0 Å². The van der Waals surface area contributed by atoms with Crippen LogP contribution in [0.1, 0.15) is 39.0 Å². The number of rotatable bonds is 0. The van der Waals surface area contributed by atoms with Gasteiger partial charge in [0.2, 0.25) is 0 Å². The first-order valence-electron chi connectivity index (χ1n) is 4.22. The van der Waals surface area contributed by atoms with Crippen LogP contribution in [0, 0.1) is 11.3 Å². The van der Waals surface area contributed by atoms with E-state index in [2.05, 4.69) is 6.92 Å². The number of fused-ring (bicyclic) bond motifs is 2. The van der Waals surface area contributed by atoms with Crippen LogP contribution in [0.2, 0.25) is 0 Å². The smallest absolute Gasteiger partial charge is 0.136 e.